The van der Waals surface area contributed by atoms with E-state index in [9.17, 15) is 0 Å². The van der Waals surface area contributed by atoms with Gasteiger partial charge in [0.25, 0.3) is 0 Å². The number of ether oxygens (including phenoxy) is 1. The molecule has 1 unspecified atom stereocenters. The Morgan fingerprint density at radius 1 is 1.05 bits per heavy atom. The van der Waals surface area contributed by atoms with E-state index in [4.69, 9.17) is 27.9 Å². The van der Waals surface area contributed by atoms with Gasteiger partial charge in [0.05, 0.1) is 10.0 Å². The van der Waals surface area contributed by atoms with E-state index in [0.717, 1.165) is 17.7 Å². The fourth-order valence-corrected chi connectivity index (χ4v) is 2.48. The highest BCUT2D eigenvalue weighted by Gasteiger charge is 2.10. The molecule has 2 aromatic carbocycles. The summed E-state index contributed by atoms with van der Waals surface area (Å²) in [7, 11) is 0. The lowest BCUT2D eigenvalue weighted by atomic mass is 10.1. The van der Waals surface area contributed by atoms with Gasteiger partial charge < -0.3 is 10.1 Å². The zero-order valence-corrected chi connectivity index (χ0v) is 13.9. The van der Waals surface area contributed by atoms with Crippen molar-refractivity contribution in [3.05, 3.63) is 57.6 Å². The maximum Gasteiger partial charge on any atom is 0.146 e. The van der Waals surface area contributed by atoms with Crippen molar-refractivity contribution in [2.75, 3.05) is 6.54 Å². The maximum absolute atomic E-state index is 6.32. The van der Waals surface area contributed by atoms with Crippen molar-refractivity contribution in [3.63, 3.8) is 0 Å². The van der Waals surface area contributed by atoms with Gasteiger partial charge in [-0.2, -0.15) is 0 Å². The molecule has 0 amide bonds. The summed E-state index contributed by atoms with van der Waals surface area (Å²) >= 11 is 12.5. The molecule has 2 rings (SSSR count). The second-order valence-corrected chi connectivity index (χ2v) is 5.82. The van der Waals surface area contributed by atoms with Crippen LogP contribution in [0.5, 0.6) is 11.5 Å². The first-order valence-corrected chi connectivity index (χ1v) is 7.73. The predicted octanol–water partition coefficient (Wildman–Crippen LogP) is 5.76. The van der Waals surface area contributed by atoms with Crippen molar-refractivity contribution in [3.8, 4) is 11.5 Å². The molecule has 2 aromatic rings. The van der Waals surface area contributed by atoms with Gasteiger partial charge in [-0.1, -0.05) is 42.3 Å². The highest BCUT2D eigenvalue weighted by molar-refractivity contribution is 6.32. The summed E-state index contributed by atoms with van der Waals surface area (Å²) in [6, 6.07) is 11.7. The smallest absolute Gasteiger partial charge is 0.146 e. The topological polar surface area (TPSA) is 21.3 Å². The number of nitrogens with one attached hydrogen (secondary N) is 1. The lowest BCUT2D eigenvalue weighted by Crippen LogP contribution is -2.17. The van der Waals surface area contributed by atoms with Gasteiger partial charge in [0.15, 0.2) is 0 Å². The van der Waals surface area contributed by atoms with Crippen LogP contribution >= 0.6 is 23.2 Å². The number of halogens is 2. The summed E-state index contributed by atoms with van der Waals surface area (Å²) in [5, 5.41) is 4.50. The molecule has 0 aliphatic carbocycles. The fourth-order valence-electron chi connectivity index (χ4n) is 2.10. The molecule has 0 bridgehead atoms. The molecule has 0 spiro atoms. The third kappa shape index (κ3) is 4.13. The molecular formula is C17H19Cl2NO. The van der Waals surface area contributed by atoms with Crippen molar-refractivity contribution in [2.24, 2.45) is 0 Å². The standard InChI is InChI=1S/C17H19Cl2NO/c1-4-20-12(3)13-6-8-16(15(19)10-13)21-17-9-11(2)5-7-14(17)18/h5-10,12,20H,4H2,1-3H3. The normalized spacial score (nSPS) is 12.2. The van der Waals surface area contributed by atoms with Crippen LogP contribution in [0.3, 0.4) is 0 Å². The van der Waals surface area contributed by atoms with Gasteiger partial charge >= 0.3 is 0 Å². The second-order valence-electron chi connectivity index (χ2n) is 5.01. The van der Waals surface area contributed by atoms with Crippen molar-refractivity contribution in [2.45, 2.75) is 26.8 Å². The van der Waals surface area contributed by atoms with Crippen LogP contribution in [0, 0.1) is 6.92 Å². The largest absolute Gasteiger partial charge is 0.454 e. The van der Waals surface area contributed by atoms with Crippen molar-refractivity contribution in [1.82, 2.24) is 5.32 Å². The average Bonchev–Trinajstić information content (AvgIpc) is 2.45. The van der Waals surface area contributed by atoms with Crippen LogP contribution in [-0.2, 0) is 0 Å². The van der Waals surface area contributed by atoms with Gasteiger partial charge in [0.2, 0.25) is 0 Å². The molecule has 1 atom stereocenters. The van der Waals surface area contributed by atoms with E-state index in [2.05, 4.69) is 19.2 Å². The molecule has 0 saturated heterocycles. The molecule has 0 aliphatic rings. The molecule has 0 fully saturated rings. The Hall–Kier alpha value is -1.22. The summed E-state index contributed by atoms with van der Waals surface area (Å²) in [6.07, 6.45) is 0. The van der Waals surface area contributed by atoms with Crippen molar-refractivity contribution < 1.29 is 4.74 Å². The first-order valence-electron chi connectivity index (χ1n) is 6.98. The van der Waals surface area contributed by atoms with Gasteiger partial charge in [0.1, 0.15) is 11.5 Å². The molecule has 0 saturated carbocycles. The summed E-state index contributed by atoms with van der Waals surface area (Å²) in [5.74, 6) is 1.22. The average molecular weight is 324 g/mol. The van der Waals surface area contributed by atoms with Crippen LogP contribution < -0.4 is 10.1 Å². The Kier molecular flexibility index (Phi) is 5.51. The Morgan fingerprint density at radius 3 is 2.48 bits per heavy atom. The third-order valence-corrected chi connectivity index (χ3v) is 3.88. The fraction of sp³-hybridized carbons (Fsp3) is 0.294. The second kappa shape index (κ2) is 7.17. The number of benzene rings is 2. The van der Waals surface area contributed by atoms with E-state index >= 15 is 0 Å². The van der Waals surface area contributed by atoms with Gasteiger partial charge in [-0.3, -0.25) is 0 Å². The molecule has 0 heterocycles. The zero-order chi connectivity index (χ0) is 15.4. The third-order valence-electron chi connectivity index (χ3n) is 3.27. The number of hydrogen-bond acceptors (Lipinski definition) is 2. The zero-order valence-electron chi connectivity index (χ0n) is 12.4. The highest BCUT2D eigenvalue weighted by atomic mass is 35.5. The lowest BCUT2D eigenvalue weighted by molar-refractivity contribution is 0.482. The lowest BCUT2D eigenvalue weighted by Gasteiger charge is -2.15. The monoisotopic (exact) mass is 323 g/mol. The molecule has 0 aliphatic heterocycles. The van der Waals surface area contributed by atoms with Crippen LogP contribution in [0.25, 0.3) is 0 Å². The van der Waals surface area contributed by atoms with E-state index in [1.807, 2.05) is 43.3 Å². The molecule has 112 valence electrons. The summed E-state index contributed by atoms with van der Waals surface area (Å²) < 4.78 is 5.83. The van der Waals surface area contributed by atoms with Gasteiger partial charge in [0, 0.05) is 6.04 Å². The Bertz CT molecular complexity index is 628. The van der Waals surface area contributed by atoms with Crippen LogP contribution in [0.15, 0.2) is 36.4 Å². The Labute approximate surface area is 136 Å². The van der Waals surface area contributed by atoms with Crippen molar-refractivity contribution in [1.29, 1.82) is 0 Å². The van der Waals surface area contributed by atoms with Gasteiger partial charge in [-0.25, -0.2) is 0 Å². The van der Waals surface area contributed by atoms with Crippen LogP contribution in [0.1, 0.15) is 31.0 Å². The maximum atomic E-state index is 6.32. The number of hydrogen-bond donors (Lipinski definition) is 1. The Balaban J connectivity index is 2.23. The minimum absolute atomic E-state index is 0.254. The summed E-state index contributed by atoms with van der Waals surface area (Å²) in [5.41, 5.74) is 2.22. The minimum atomic E-state index is 0.254. The van der Waals surface area contributed by atoms with Crippen LogP contribution in [0.2, 0.25) is 10.0 Å². The summed E-state index contributed by atoms with van der Waals surface area (Å²) in [4.78, 5) is 0. The predicted molar refractivity (Wildman–Crippen MR) is 89.8 cm³/mol. The van der Waals surface area contributed by atoms with E-state index in [1.54, 1.807) is 0 Å². The first kappa shape index (κ1) is 16.2. The molecule has 4 heteroatoms. The first-order chi connectivity index (χ1) is 10.0. The molecule has 1 N–H and O–H groups in total. The molecule has 0 aromatic heterocycles. The highest BCUT2D eigenvalue weighted by Crippen LogP contribution is 2.35. The van der Waals surface area contributed by atoms with Gasteiger partial charge in [-0.15, -0.1) is 0 Å². The number of aryl methyl sites for hydroxylation is 1. The van der Waals surface area contributed by atoms with E-state index in [1.165, 1.54) is 0 Å². The SMILES string of the molecule is CCNC(C)c1ccc(Oc2cc(C)ccc2Cl)c(Cl)c1. The quantitative estimate of drug-likeness (QED) is 0.754. The summed E-state index contributed by atoms with van der Waals surface area (Å²) in [6.45, 7) is 7.09. The van der Waals surface area contributed by atoms with E-state index in [0.29, 0.717) is 21.5 Å². The molecule has 2 nitrogen and oxygen atoms in total. The molecule has 0 radical (unpaired) electrons. The van der Waals surface area contributed by atoms with Gasteiger partial charge in [-0.05, 0) is 55.8 Å². The van der Waals surface area contributed by atoms with Crippen molar-refractivity contribution >= 4 is 23.2 Å². The van der Waals surface area contributed by atoms with Crippen LogP contribution in [-0.4, -0.2) is 6.54 Å². The minimum Gasteiger partial charge on any atom is -0.454 e. The molecular weight excluding hydrogens is 305 g/mol. The molecule has 21 heavy (non-hydrogen) atoms. The van der Waals surface area contributed by atoms with E-state index < -0.39 is 0 Å². The Morgan fingerprint density at radius 2 is 1.81 bits per heavy atom. The number of rotatable bonds is 5. The van der Waals surface area contributed by atoms with E-state index in [-0.39, 0.29) is 6.04 Å². The van der Waals surface area contributed by atoms with Crippen LogP contribution in [0.4, 0.5) is 0 Å².